The van der Waals surface area contributed by atoms with E-state index >= 15 is 0 Å². The van der Waals surface area contributed by atoms with Gasteiger partial charge in [-0.2, -0.15) is 0 Å². The second kappa shape index (κ2) is 8.22. The van der Waals surface area contributed by atoms with Gasteiger partial charge in [-0.25, -0.2) is 4.39 Å². The zero-order valence-electron chi connectivity index (χ0n) is 11.7. The first-order chi connectivity index (χ1) is 8.67. The predicted molar refractivity (Wildman–Crippen MR) is 75.1 cm³/mol. The van der Waals surface area contributed by atoms with E-state index in [1.54, 1.807) is 6.07 Å². The molecule has 1 rings (SSSR count). The van der Waals surface area contributed by atoms with Crippen LogP contribution in [-0.2, 0) is 6.54 Å². The molecule has 1 unspecified atom stereocenters. The summed E-state index contributed by atoms with van der Waals surface area (Å²) in [4.78, 5) is 2.18. The summed E-state index contributed by atoms with van der Waals surface area (Å²) in [7, 11) is 4.06. The van der Waals surface area contributed by atoms with Crippen molar-refractivity contribution in [3.05, 3.63) is 35.6 Å². The Hall–Kier alpha value is -0.930. The number of hydrogen-bond donors (Lipinski definition) is 1. The van der Waals surface area contributed by atoms with Gasteiger partial charge in [-0.1, -0.05) is 25.1 Å². The van der Waals surface area contributed by atoms with Crippen LogP contribution in [0.2, 0.25) is 0 Å². The van der Waals surface area contributed by atoms with Crippen molar-refractivity contribution in [1.29, 1.82) is 0 Å². The Morgan fingerprint density at radius 2 is 2.06 bits per heavy atom. The first-order valence-corrected chi connectivity index (χ1v) is 6.76. The molecule has 1 atom stereocenters. The molecule has 0 saturated heterocycles. The van der Waals surface area contributed by atoms with Crippen LogP contribution < -0.4 is 5.32 Å². The molecule has 3 heteroatoms. The highest BCUT2D eigenvalue weighted by Crippen LogP contribution is 2.10. The molecule has 0 heterocycles. The highest BCUT2D eigenvalue weighted by Gasteiger charge is 2.06. The molecule has 0 aliphatic carbocycles. The molecule has 1 aromatic carbocycles. The van der Waals surface area contributed by atoms with Gasteiger partial charge < -0.3 is 10.2 Å². The van der Waals surface area contributed by atoms with Crippen LogP contribution in [0.3, 0.4) is 0 Å². The number of halogens is 1. The fourth-order valence-corrected chi connectivity index (χ4v) is 2.16. The first-order valence-electron chi connectivity index (χ1n) is 6.76. The van der Waals surface area contributed by atoms with E-state index in [1.807, 2.05) is 26.2 Å². The van der Waals surface area contributed by atoms with Gasteiger partial charge in [0.15, 0.2) is 0 Å². The van der Waals surface area contributed by atoms with Crippen molar-refractivity contribution < 1.29 is 4.39 Å². The lowest BCUT2D eigenvalue weighted by Gasteiger charge is -2.19. The smallest absolute Gasteiger partial charge is 0.127 e. The minimum Gasteiger partial charge on any atom is -0.317 e. The quantitative estimate of drug-likeness (QED) is 0.765. The molecule has 1 N–H and O–H groups in total. The van der Waals surface area contributed by atoms with E-state index in [2.05, 4.69) is 17.1 Å². The molecular weight excluding hydrogens is 227 g/mol. The predicted octanol–water partition coefficient (Wildman–Crippen LogP) is 3.04. The lowest BCUT2D eigenvalue weighted by atomic mass is 10.1. The molecule has 0 aliphatic rings. The van der Waals surface area contributed by atoms with Gasteiger partial charge in [0.2, 0.25) is 0 Å². The third-order valence-corrected chi connectivity index (χ3v) is 3.39. The van der Waals surface area contributed by atoms with Gasteiger partial charge in [-0.3, -0.25) is 0 Å². The normalized spacial score (nSPS) is 12.9. The second-order valence-electron chi connectivity index (χ2n) is 4.87. The summed E-state index contributed by atoms with van der Waals surface area (Å²) < 4.78 is 13.5. The molecule has 2 nitrogen and oxygen atoms in total. The van der Waals surface area contributed by atoms with Gasteiger partial charge in [0.25, 0.3) is 0 Å². The highest BCUT2D eigenvalue weighted by atomic mass is 19.1. The zero-order chi connectivity index (χ0) is 13.4. The van der Waals surface area contributed by atoms with Crippen LogP contribution in [0.5, 0.6) is 0 Å². The molecule has 0 fully saturated rings. The van der Waals surface area contributed by atoms with Gasteiger partial charge >= 0.3 is 0 Å². The summed E-state index contributed by atoms with van der Waals surface area (Å²) in [6.07, 6.45) is 3.48. The average molecular weight is 252 g/mol. The largest absolute Gasteiger partial charge is 0.317 e. The first kappa shape index (κ1) is 15.1. The summed E-state index contributed by atoms with van der Waals surface area (Å²) in [6.45, 7) is 3.89. The van der Waals surface area contributed by atoms with E-state index < -0.39 is 0 Å². The SMILES string of the molecule is CCC(CCCN(C)Cc1ccccc1F)NC. The van der Waals surface area contributed by atoms with Gasteiger partial charge in [-0.05, 0) is 46.0 Å². The number of benzene rings is 1. The van der Waals surface area contributed by atoms with Crippen LogP contribution in [0.15, 0.2) is 24.3 Å². The topological polar surface area (TPSA) is 15.3 Å². The average Bonchev–Trinajstić information content (AvgIpc) is 2.37. The van der Waals surface area contributed by atoms with Crippen molar-refractivity contribution in [1.82, 2.24) is 10.2 Å². The molecule has 0 spiro atoms. The zero-order valence-corrected chi connectivity index (χ0v) is 11.7. The number of hydrogen-bond acceptors (Lipinski definition) is 2. The maximum Gasteiger partial charge on any atom is 0.127 e. The van der Waals surface area contributed by atoms with E-state index in [0.29, 0.717) is 12.6 Å². The Morgan fingerprint density at radius 3 is 2.67 bits per heavy atom. The van der Waals surface area contributed by atoms with E-state index in [4.69, 9.17) is 0 Å². The molecule has 1 aromatic rings. The molecule has 0 saturated carbocycles. The monoisotopic (exact) mass is 252 g/mol. The Kier molecular flexibility index (Phi) is 6.91. The van der Waals surface area contributed by atoms with Crippen LogP contribution in [-0.4, -0.2) is 31.6 Å². The van der Waals surface area contributed by atoms with Crippen molar-refractivity contribution in [3.8, 4) is 0 Å². The maximum absolute atomic E-state index is 13.5. The Labute approximate surface area is 110 Å². The molecule has 0 amide bonds. The Morgan fingerprint density at radius 1 is 1.33 bits per heavy atom. The van der Waals surface area contributed by atoms with Crippen LogP contribution in [0.1, 0.15) is 31.7 Å². The summed E-state index contributed by atoms with van der Waals surface area (Å²) in [5.41, 5.74) is 0.778. The van der Waals surface area contributed by atoms with Crippen molar-refractivity contribution in [2.24, 2.45) is 0 Å². The van der Waals surface area contributed by atoms with Gasteiger partial charge in [0, 0.05) is 18.2 Å². The lowest BCUT2D eigenvalue weighted by Crippen LogP contribution is -2.26. The van der Waals surface area contributed by atoms with Crippen molar-refractivity contribution in [2.45, 2.75) is 38.8 Å². The molecule has 0 aliphatic heterocycles. The lowest BCUT2D eigenvalue weighted by molar-refractivity contribution is 0.305. The van der Waals surface area contributed by atoms with Crippen molar-refractivity contribution in [2.75, 3.05) is 20.6 Å². The van der Waals surface area contributed by atoms with Gasteiger partial charge in [-0.15, -0.1) is 0 Å². The minimum atomic E-state index is -0.106. The van der Waals surface area contributed by atoms with Crippen LogP contribution in [0, 0.1) is 5.82 Å². The molecule has 102 valence electrons. The molecule has 18 heavy (non-hydrogen) atoms. The number of nitrogens with zero attached hydrogens (tertiary/aromatic N) is 1. The Bertz CT molecular complexity index is 337. The summed E-state index contributed by atoms with van der Waals surface area (Å²) in [6, 6.07) is 7.61. The third kappa shape index (κ3) is 5.15. The molecule has 0 radical (unpaired) electrons. The van der Waals surface area contributed by atoms with Crippen molar-refractivity contribution >= 4 is 0 Å². The Balaban J connectivity index is 2.30. The van der Waals surface area contributed by atoms with Gasteiger partial charge in [0.1, 0.15) is 5.82 Å². The molecule has 0 bridgehead atoms. The van der Waals surface area contributed by atoms with E-state index in [9.17, 15) is 4.39 Å². The fraction of sp³-hybridized carbons (Fsp3) is 0.600. The van der Waals surface area contributed by atoms with Crippen molar-refractivity contribution in [3.63, 3.8) is 0 Å². The number of nitrogens with one attached hydrogen (secondary N) is 1. The molecule has 0 aromatic heterocycles. The van der Waals surface area contributed by atoms with E-state index in [1.165, 1.54) is 12.5 Å². The summed E-state index contributed by atoms with van der Waals surface area (Å²) >= 11 is 0. The van der Waals surface area contributed by atoms with E-state index in [-0.39, 0.29) is 5.82 Å². The highest BCUT2D eigenvalue weighted by molar-refractivity contribution is 5.16. The van der Waals surface area contributed by atoms with Gasteiger partial charge in [0.05, 0.1) is 0 Å². The summed E-state index contributed by atoms with van der Waals surface area (Å²) in [5.74, 6) is -0.106. The van der Waals surface area contributed by atoms with E-state index in [0.717, 1.165) is 24.9 Å². The number of rotatable bonds is 8. The minimum absolute atomic E-state index is 0.106. The summed E-state index contributed by atoms with van der Waals surface area (Å²) in [5, 5.41) is 3.31. The van der Waals surface area contributed by atoms with Crippen LogP contribution >= 0.6 is 0 Å². The fourth-order valence-electron chi connectivity index (χ4n) is 2.16. The third-order valence-electron chi connectivity index (χ3n) is 3.39. The standard InChI is InChI=1S/C15H25FN2/c1-4-14(17-2)9-7-11-18(3)12-13-8-5-6-10-15(13)16/h5-6,8,10,14,17H,4,7,9,11-12H2,1-3H3. The second-order valence-corrected chi connectivity index (χ2v) is 4.87. The molecular formula is C15H25FN2. The maximum atomic E-state index is 13.5. The van der Waals surface area contributed by atoms with Crippen LogP contribution in [0.25, 0.3) is 0 Å². The van der Waals surface area contributed by atoms with Crippen LogP contribution in [0.4, 0.5) is 4.39 Å².